The zero-order valence-corrected chi connectivity index (χ0v) is 14.7. The number of carbonyl (C=O) groups is 1. The maximum Gasteiger partial charge on any atom is 0.339 e. The molecule has 0 aliphatic heterocycles. The molecule has 1 amide bonds. The molecule has 25 heavy (non-hydrogen) atoms. The number of hydrogen-bond donors (Lipinski definition) is 1. The van der Waals surface area contributed by atoms with Gasteiger partial charge >= 0.3 is 10.1 Å². The van der Waals surface area contributed by atoms with Gasteiger partial charge in [-0.2, -0.15) is 8.42 Å². The molecular weight excluding hydrogens is 346 g/mol. The molecule has 0 saturated heterocycles. The lowest BCUT2D eigenvalue weighted by atomic mass is 10.3. The van der Waals surface area contributed by atoms with Gasteiger partial charge in [-0.1, -0.05) is 0 Å². The quantitative estimate of drug-likeness (QED) is 0.571. The van der Waals surface area contributed by atoms with E-state index in [4.69, 9.17) is 13.7 Å². The molecule has 0 saturated carbocycles. The van der Waals surface area contributed by atoms with Gasteiger partial charge < -0.3 is 19.0 Å². The maximum absolute atomic E-state index is 12.3. The number of ether oxygens (including phenoxy) is 2. The summed E-state index contributed by atoms with van der Waals surface area (Å²) in [4.78, 5) is 11.0. The van der Waals surface area contributed by atoms with E-state index in [1.807, 2.05) is 0 Å². The highest BCUT2D eigenvalue weighted by Crippen LogP contribution is 2.22. The monoisotopic (exact) mass is 365 g/mol. The van der Waals surface area contributed by atoms with Crippen LogP contribution < -0.4 is 14.2 Å². The van der Waals surface area contributed by atoms with Gasteiger partial charge in [0.05, 0.1) is 6.61 Å². The summed E-state index contributed by atoms with van der Waals surface area (Å²) < 4.78 is 39.9. The van der Waals surface area contributed by atoms with Crippen LogP contribution >= 0.6 is 0 Å². The second kappa shape index (κ2) is 8.50. The third-order valence-corrected chi connectivity index (χ3v) is 4.31. The second-order valence-electron chi connectivity index (χ2n) is 5.06. The summed E-state index contributed by atoms with van der Waals surface area (Å²) in [5, 5.41) is 2.59. The number of rotatable bonds is 8. The minimum atomic E-state index is -3.96. The van der Waals surface area contributed by atoms with Gasteiger partial charge in [0.25, 0.3) is 0 Å². The van der Waals surface area contributed by atoms with Crippen LogP contribution in [0.3, 0.4) is 0 Å². The van der Waals surface area contributed by atoms with Crippen LogP contribution in [0.1, 0.15) is 6.92 Å². The molecule has 0 spiro atoms. The predicted octanol–water partition coefficient (Wildman–Crippen LogP) is 2.44. The SMILES string of the molecule is COCCOc1ccc(S(=O)(=O)Oc2ccc(NC(C)=O)cc2)cc1. The van der Waals surface area contributed by atoms with Crippen molar-refractivity contribution in [2.45, 2.75) is 11.8 Å². The van der Waals surface area contributed by atoms with E-state index in [2.05, 4.69) is 5.32 Å². The molecule has 8 heteroatoms. The van der Waals surface area contributed by atoms with Crippen LogP contribution in [0.4, 0.5) is 5.69 Å². The number of benzene rings is 2. The standard InChI is InChI=1S/C17H19NO6S/c1-13(19)18-14-3-5-16(6-4-14)24-25(20,21)17-9-7-15(8-10-17)23-12-11-22-2/h3-10H,11-12H2,1-2H3,(H,18,19). The van der Waals surface area contributed by atoms with Gasteiger partial charge in [-0.05, 0) is 48.5 Å². The average molecular weight is 365 g/mol. The van der Waals surface area contributed by atoms with Crippen molar-refractivity contribution in [2.75, 3.05) is 25.6 Å². The second-order valence-corrected chi connectivity index (χ2v) is 6.60. The molecule has 1 N–H and O–H groups in total. The molecule has 0 atom stereocenters. The molecule has 0 bridgehead atoms. The van der Waals surface area contributed by atoms with Gasteiger partial charge in [0.1, 0.15) is 23.0 Å². The Bertz CT molecular complexity index is 800. The first-order valence-corrected chi connectivity index (χ1v) is 8.85. The fraction of sp³-hybridized carbons (Fsp3) is 0.235. The fourth-order valence-corrected chi connectivity index (χ4v) is 2.85. The Morgan fingerprint density at radius 2 is 1.56 bits per heavy atom. The van der Waals surface area contributed by atoms with Crippen LogP contribution in [-0.2, 0) is 19.6 Å². The molecule has 0 radical (unpaired) electrons. The van der Waals surface area contributed by atoms with Gasteiger partial charge in [-0.3, -0.25) is 4.79 Å². The summed E-state index contributed by atoms with van der Waals surface area (Å²) in [6, 6.07) is 11.9. The molecule has 2 aromatic rings. The first-order valence-electron chi connectivity index (χ1n) is 7.44. The molecule has 2 aromatic carbocycles. The summed E-state index contributed by atoms with van der Waals surface area (Å²) in [5.41, 5.74) is 0.551. The normalized spacial score (nSPS) is 11.0. The molecular formula is C17H19NO6S. The van der Waals surface area contributed by atoms with Crippen molar-refractivity contribution in [1.82, 2.24) is 0 Å². The molecule has 134 valence electrons. The first kappa shape index (κ1) is 18.8. The van der Waals surface area contributed by atoms with Gasteiger partial charge in [0.2, 0.25) is 5.91 Å². The summed E-state index contributed by atoms with van der Waals surface area (Å²) in [5.74, 6) is 0.472. The van der Waals surface area contributed by atoms with E-state index in [1.165, 1.54) is 31.2 Å². The molecule has 0 heterocycles. The number of nitrogens with one attached hydrogen (secondary N) is 1. The smallest absolute Gasteiger partial charge is 0.339 e. The van der Waals surface area contributed by atoms with E-state index in [9.17, 15) is 13.2 Å². The Morgan fingerprint density at radius 3 is 2.12 bits per heavy atom. The number of carbonyl (C=O) groups excluding carboxylic acids is 1. The highest BCUT2D eigenvalue weighted by molar-refractivity contribution is 7.87. The van der Waals surface area contributed by atoms with E-state index in [1.54, 1.807) is 31.4 Å². The van der Waals surface area contributed by atoms with Crippen molar-refractivity contribution in [3.05, 3.63) is 48.5 Å². The lowest BCUT2D eigenvalue weighted by Gasteiger charge is -2.09. The predicted molar refractivity (Wildman–Crippen MR) is 92.4 cm³/mol. The zero-order chi connectivity index (χ0) is 18.3. The number of anilines is 1. The van der Waals surface area contributed by atoms with Gasteiger partial charge in [0, 0.05) is 19.7 Å². The van der Waals surface area contributed by atoms with E-state index < -0.39 is 10.1 Å². The van der Waals surface area contributed by atoms with Gasteiger partial charge in [-0.25, -0.2) is 0 Å². The van der Waals surface area contributed by atoms with E-state index in [0.717, 1.165) is 0 Å². The number of hydrogen-bond acceptors (Lipinski definition) is 6. The highest BCUT2D eigenvalue weighted by Gasteiger charge is 2.16. The van der Waals surface area contributed by atoms with Crippen molar-refractivity contribution < 1.29 is 26.9 Å². The Balaban J connectivity index is 2.04. The van der Waals surface area contributed by atoms with Gasteiger partial charge in [-0.15, -0.1) is 0 Å². The topological polar surface area (TPSA) is 90.9 Å². The van der Waals surface area contributed by atoms with E-state index in [-0.39, 0.29) is 16.6 Å². The molecule has 2 rings (SSSR count). The van der Waals surface area contributed by atoms with Crippen LogP contribution in [0.2, 0.25) is 0 Å². The van der Waals surface area contributed by atoms with Crippen molar-refractivity contribution in [3.63, 3.8) is 0 Å². The Hall–Kier alpha value is -2.58. The fourth-order valence-electron chi connectivity index (χ4n) is 1.92. The minimum absolute atomic E-state index is 0.0116. The summed E-state index contributed by atoms with van der Waals surface area (Å²) >= 11 is 0. The zero-order valence-electron chi connectivity index (χ0n) is 13.9. The van der Waals surface area contributed by atoms with Crippen LogP contribution in [0.25, 0.3) is 0 Å². The van der Waals surface area contributed by atoms with Crippen LogP contribution in [0.5, 0.6) is 11.5 Å². The maximum atomic E-state index is 12.3. The molecule has 0 aromatic heterocycles. The number of amides is 1. The Kier molecular flexibility index (Phi) is 6.37. The van der Waals surface area contributed by atoms with E-state index >= 15 is 0 Å². The third kappa shape index (κ3) is 5.77. The third-order valence-electron chi connectivity index (χ3n) is 3.05. The molecule has 0 fully saturated rings. The van der Waals surface area contributed by atoms with Crippen molar-refractivity contribution >= 4 is 21.7 Å². The number of methoxy groups -OCH3 is 1. The van der Waals surface area contributed by atoms with Crippen molar-refractivity contribution in [1.29, 1.82) is 0 Å². The van der Waals surface area contributed by atoms with E-state index in [0.29, 0.717) is 24.7 Å². The Labute approximate surface area is 146 Å². The summed E-state index contributed by atoms with van der Waals surface area (Å²) in [7, 11) is -2.39. The lowest BCUT2D eigenvalue weighted by molar-refractivity contribution is -0.114. The van der Waals surface area contributed by atoms with Gasteiger partial charge in [0.15, 0.2) is 0 Å². The van der Waals surface area contributed by atoms with Crippen LogP contribution in [-0.4, -0.2) is 34.6 Å². The van der Waals surface area contributed by atoms with Crippen LogP contribution in [0.15, 0.2) is 53.4 Å². The van der Waals surface area contributed by atoms with Crippen LogP contribution in [0, 0.1) is 0 Å². The Morgan fingerprint density at radius 1 is 0.960 bits per heavy atom. The summed E-state index contributed by atoms with van der Waals surface area (Å²) in [6.07, 6.45) is 0. The average Bonchev–Trinajstić information content (AvgIpc) is 2.57. The molecule has 7 nitrogen and oxygen atoms in total. The van der Waals surface area contributed by atoms with Crippen molar-refractivity contribution in [3.8, 4) is 11.5 Å². The largest absolute Gasteiger partial charge is 0.491 e. The molecule has 0 unspecified atom stereocenters. The first-order chi connectivity index (χ1) is 11.9. The summed E-state index contributed by atoms with van der Waals surface area (Å²) in [6.45, 7) is 2.20. The minimum Gasteiger partial charge on any atom is -0.491 e. The molecule has 0 aliphatic rings. The lowest BCUT2D eigenvalue weighted by Crippen LogP contribution is -2.10. The van der Waals surface area contributed by atoms with Crippen molar-refractivity contribution in [2.24, 2.45) is 0 Å². The molecule has 0 aliphatic carbocycles. The highest BCUT2D eigenvalue weighted by atomic mass is 32.2.